The molecule has 13 heteroatoms. The standard InChI is InChI=1S/C25H28N8O5/c1-30(2)10-11-31(3)20-13-22(37-4)18(12-21(20)33(35)36)28-25-26-14-17(24(34)38-5)23(29-25)16-15-27-32-9-7-6-8-19(16)32/h6-9,12-15H,10-11H2,1-5H3,(H,26,28,29). The first-order valence-corrected chi connectivity index (χ1v) is 11.6. The fourth-order valence-electron chi connectivity index (χ4n) is 3.89. The number of ether oxygens (including phenoxy) is 2. The minimum atomic E-state index is -0.611. The zero-order valence-electron chi connectivity index (χ0n) is 21.7. The Balaban J connectivity index is 1.77. The fraction of sp³-hybridized carbons (Fsp3) is 0.280. The second-order valence-corrected chi connectivity index (χ2v) is 8.68. The Morgan fingerprint density at radius 1 is 1.16 bits per heavy atom. The zero-order chi connectivity index (χ0) is 27.4. The number of carbonyl (C=O) groups excluding carboxylic acids is 1. The number of rotatable bonds is 10. The highest BCUT2D eigenvalue weighted by molar-refractivity contribution is 5.98. The number of pyridine rings is 1. The lowest BCUT2D eigenvalue weighted by atomic mass is 10.1. The first kappa shape index (κ1) is 26.3. The number of nitro groups is 1. The van der Waals surface area contributed by atoms with Crippen molar-refractivity contribution in [3.63, 3.8) is 0 Å². The molecule has 0 unspecified atom stereocenters. The predicted octanol–water partition coefficient (Wildman–Crippen LogP) is 3.24. The normalized spacial score (nSPS) is 11.0. The van der Waals surface area contributed by atoms with Gasteiger partial charge in [-0.2, -0.15) is 5.10 Å². The van der Waals surface area contributed by atoms with Gasteiger partial charge in [0.2, 0.25) is 5.95 Å². The van der Waals surface area contributed by atoms with Gasteiger partial charge in [0.25, 0.3) is 5.69 Å². The molecule has 4 rings (SSSR count). The van der Waals surface area contributed by atoms with Crippen LogP contribution in [0.2, 0.25) is 0 Å². The Labute approximate surface area is 218 Å². The highest BCUT2D eigenvalue weighted by atomic mass is 16.6. The van der Waals surface area contributed by atoms with Crippen LogP contribution in [0.1, 0.15) is 10.4 Å². The van der Waals surface area contributed by atoms with Gasteiger partial charge >= 0.3 is 5.97 Å². The number of esters is 1. The molecule has 1 N–H and O–H groups in total. The fourth-order valence-corrected chi connectivity index (χ4v) is 3.89. The summed E-state index contributed by atoms with van der Waals surface area (Å²) in [6.45, 7) is 1.29. The van der Waals surface area contributed by atoms with Gasteiger partial charge in [0.15, 0.2) is 0 Å². The summed E-state index contributed by atoms with van der Waals surface area (Å²) in [6, 6.07) is 8.51. The van der Waals surface area contributed by atoms with E-state index in [1.165, 1.54) is 26.5 Å². The number of nitrogens with one attached hydrogen (secondary N) is 1. The van der Waals surface area contributed by atoms with Crippen molar-refractivity contribution in [2.75, 3.05) is 58.7 Å². The lowest BCUT2D eigenvalue weighted by molar-refractivity contribution is -0.384. The van der Waals surface area contributed by atoms with E-state index in [-0.39, 0.29) is 17.2 Å². The highest BCUT2D eigenvalue weighted by Crippen LogP contribution is 2.39. The Bertz CT molecular complexity index is 1490. The van der Waals surface area contributed by atoms with Crippen LogP contribution < -0.4 is 15.0 Å². The number of aromatic nitrogens is 4. The van der Waals surface area contributed by atoms with Crippen molar-refractivity contribution in [2.45, 2.75) is 0 Å². The van der Waals surface area contributed by atoms with Crippen molar-refractivity contribution in [1.82, 2.24) is 24.5 Å². The summed E-state index contributed by atoms with van der Waals surface area (Å²) in [5.41, 5.74) is 2.35. The number of nitro benzene ring substituents is 1. The molecule has 0 saturated carbocycles. The van der Waals surface area contributed by atoms with Gasteiger partial charge in [-0.1, -0.05) is 6.07 Å². The first-order valence-electron chi connectivity index (χ1n) is 11.6. The third-order valence-corrected chi connectivity index (χ3v) is 5.91. The van der Waals surface area contributed by atoms with E-state index in [2.05, 4.69) is 20.4 Å². The van der Waals surface area contributed by atoms with E-state index in [1.807, 2.05) is 37.2 Å². The van der Waals surface area contributed by atoms with Crippen LogP contribution in [-0.4, -0.2) is 83.8 Å². The molecule has 0 saturated heterocycles. The maximum atomic E-state index is 12.5. The number of fused-ring (bicyclic) bond motifs is 1. The van der Waals surface area contributed by atoms with Crippen molar-refractivity contribution in [2.24, 2.45) is 0 Å². The van der Waals surface area contributed by atoms with Crippen molar-refractivity contribution in [3.05, 3.63) is 64.6 Å². The van der Waals surface area contributed by atoms with Gasteiger partial charge < -0.3 is 24.6 Å². The summed E-state index contributed by atoms with van der Waals surface area (Å²) < 4.78 is 12.1. The Hall–Kier alpha value is -4.78. The second kappa shape index (κ2) is 11.1. The van der Waals surface area contributed by atoms with Crippen LogP contribution in [0.4, 0.5) is 23.0 Å². The second-order valence-electron chi connectivity index (χ2n) is 8.68. The number of nitrogens with zero attached hydrogens (tertiary/aromatic N) is 7. The molecule has 1 aromatic carbocycles. The quantitative estimate of drug-likeness (QED) is 0.187. The zero-order valence-corrected chi connectivity index (χ0v) is 21.7. The van der Waals surface area contributed by atoms with Gasteiger partial charge in [-0.25, -0.2) is 19.3 Å². The molecule has 0 fully saturated rings. The van der Waals surface area contributed by atoms with E-state index in [4.69, 9.17) is 9.47 Å². The molecule has 198 valence electrons. The van der Waals surface area contributed by atoms with Gasteiger partial charge in [0.1, 0.15) is 17.0 Å². The molecule has 0 atom stereocenters. The lowest BCUT2D eigenvalue weighted by Gasteiger charge is -2.22. The van der Waals surface area contributed by atoms with Crippen molar-refractivity contribution in [1.29, 1.82) is 0 Å². The minimum absolute atomic E-state index is 0.101. The van der Waals surface area contributed by atoms with E-state index in [9.17, 15) is 14.9 Å². The molecule has 38 heavy (non-hydrogen) atoms. The Morgan fingerprint density at radius 3 is 2.63 bits per heavy atom. The van der Waals surface area contributed by atoms with Crippen molar-refractivity contribution >= 4 is 34.5 Å². The molecule has 0 aliphatic carbocycles. The summed E-state index contributed by atoms with van der Waals surface area (Å²) in [5, 5.41) is 19.3. The number of hydrogen-bond donors (Lipinski definition) is 1. The average Bonchev–Trinajstić information content (AvgIpc) is 3.35. The smallest absolute Gasteiger partial charge is 0.341 e. The van der Waals surface area contributed by atoms with Gasteiger partial charge in [-0.15, -0.1) is 0 Å². The molecule has 0 aliphatic rings. The van der Waals surface area contributed by atoms with Crippen LogP contribution in [0.5, 0.6) is 5.75 Å². The largest absolute Gasteiger partial charge is 0.494 e. The molecular weight excluding hydrogens is 492 g/mol. The SMILES string of the molecule is COC(=O)c1cnc(Nc2cc([N+](=O)[O-])c(N(C)CCN(C)C)cc2OC)nc1-c1cnn2ccccc12. The van der Waals surface area contributed by atoms with Crippen LogP contribution in [-0.2, 0) is 4.74 Å². The van der Waals surface area contributed by atoms with Crippen LogP contribution in [0.25, 0.3) is 16.8 Å². The summed E-state index contributed by atoms with van der Waals surface area (Å²) in [4.78, 5) is 36.6. The van der Waals surface area contributed by atoms with Crippen LogP contribution in [0.3, 0.4) is 0 Å². The summed E-state index contributed by atoms with van der Waals surface area (Å²) in [7, 11) is 8.40. The molecule has 0 aliphatic heterocycles. The Morgan fingerprint density at radius 2 is 1.95 bits per heavy atom. The van der Waals surface area contributed by atoms with Gasteiger partial charge in [0.05, 0.1) is 42.2 Å². The molecule has 3 heterocycles. The molecule has 4 aromatic rings. The predicted molar refractivity (Wildman–Crippen MR) is 142 cm³/mol. The molecule has 0 radical (unpaired) electrons. The number of benzene rings is 1. The summed E-state index contributed by atoms with van der Waals surface area (Å²) >= 11 is 0. The number of carbonyl (C=O) groups is 1. The molecule has 13 nitrogen and oxygen atoms in total. The summed E-state index contributed by atoms with van der Waals surface area (Å²) in [6.07, 6.45) is 4.71. The molecule has 3 aromatic heterocycles. The van der Waals surface area contributed by atoms with Gasteiger partial charge in [0, 0.05) is 50.2 Å². The molecule has 0 bridgehead atoms. The minimum Gasteiger partial charge on any atom is -0.494 e. The molecule has 0 spiro atoms. The van der Waals surface area contributed by atoms with Crippen molar-refractivity contribution < 1.29 is 19.2 Å². The monoisotopic (exact) mass is 520 g/mol. The maximum absolute atomic E-state index is 12.5. The highest BCUT2D eigenvalue weighted by Gasteiger charge is 2.24. The molecule has 0 amide bonds. The lowest BCUT2D eigenvalue weighted by Crippen LogP contribution is -2.29. The van der Waals surface area contributed by atoms with E-state index in [0.29, 0.717) is 41.5 Å². The number of methoxy groups -OCH3 is 2. The van der Waals surface area contributed by atoms with Gasteiger partial charge in [-0.3, -0.25) is 10.1 Å². The van der Waals surface area contributed by atoms with E-state index >= 15 is 0 Å². The third-order valence-electron chi connectivity index (χ3n) is 5.91. The van der Waals surface area contributed by atoms with Crippen molar-refractivity contribution in [3.8, 4) is 17.0 Å². The number of anilines is 3. The number of likely N-dealkylation sites (N-methyl/N-ethyl adjacent to an activating group) is 2. The van der Waals surface area contributed by atoms with Crippen LogP contribution in [0.15, 0.2) is 48.9 Å². The first-order chi connectivity index (χ1) is 18.2. The van der Waals surface area contributed by atoms with Crippen LogP contribution >= 0.6 is 0 Å². The van der Waals surface area contributed by atoms with E-state index in [0.717, 1.165) is 5.52 Å². The van der Waals surface area contributed by atoms with E-state index in [1.54, 1.807) is 34.9 Å². The van der Waals surface area contributed by atoms with Gasteiger partial charge in [-0.05, 0) is 26.2 Å². The maximum Gasteiger partial charge on any atom is 0.341 e. The van der Waals surface area contributed by atoms with E-state index < -0.39 is 10.9 Å². The average molecular weight is 521 g/mol. The summed E-state index contributed by atoms with van der Waals surface area (Å²) in [5.74, 6) is -0.148. The topological polar surface area (TPSA) is 140 Å². The Kier molecular flexibility index (Phi) is 7.67. The number of hydrogen-bond acceptors (Lipinski definition) is 11. The third kappa shape index (κ3) is 5.32. The van der Waals surface area contributed by atoms with Crippen LogP contribution in [0, 0.1) is 10.1 Å². The molecular formula is C25H28N8O5.